The second-order valence-electron chi connectivity index (χ2n) is 14.9. The van der Waals surface area contributed by atoms with Gasteiger partial charge in [-0.05, 0) is 137 Å². The summed E-state index contributed by atoms with van der Waals surface area (Å²) in [5.74, 6) is 0. The number of hydrogen-bond acceptors (Lipinski definition) is 2. The summed E-state index contributed by atoms with van der Waals surface area (Å²) in [5, 5.41) is 0. The van der Waals surface area contributed by atoms with Gasteiger partial charge in [0.1, 0.15) is 0 Å². The summed E-state index contributed by atoms with van der Waals surface area (Å²) in [7, 11) is -2.90. The van der Waals surface area contributed by atoms with Crippen molar-refractivity contribution in [1.82, 2.24) is 0 Å². The molecule has 0 aromatic heterocycles. The molecule has 6 aliphatic carbocycles. The van der Waals surface area contributed by atoms with Gasteiger partial charge in [-0.3, -0.25) is 9.49 Å². The maximum absolute atomic E-state index is 6.34. The molecule has 6 saturated carbocycles. The Bertz CT molecular complexity index is 905. The summed E-state index contributed by atoms with van der Waals surface area (Å²) in [6.07, 6.45) is 35.3. The van der Waals surface area contributed by atoms with E-state index in [2.05, 4.69) is 24.3 Å². The molecule has 0 amide bonds. The maximum atomic E-state index is 6.34. The molecule has 1 aromatic carbocycles. The second kappa shape index (κ2) is 12.7. The van der Waals surface area contributed by atoms with Gasteiger partial charge in [0.2, 0.25) is 0 Å². The van der Waals surface area contributed by atoms with E-state index >= 15 is 0 Å². The van der Waals surface area contributed by atoms with E-state index in [1.807, 2.05) is 0 Å². The maximum Gasteiger partial charge on any atom is 0.0869 e. The zero-order valence-corrected chi connectivity index (χ0v) is 27.3. The summed E-state index contributed by atoms with van der Waals surface area (Å²) in [4.78, 5) is 0. The van der Waals surface area contributed by atoms with E-state index in [0.717, 1.165) is 34.0 Å². The Balaban J connectivity index is 1.42. The van der Waals surface area contributed by atoms with Crippen LogP contribution in [-0.2, 0) is 0 Å². The first-order valence-electron chi connectivity index (χ1n) is 18.1. The molecule has 6 aliphatic rings. The number of benzene rings is 1. The van der Waals surface area contributed by atoms with Crippen LogP contribution < -0.4 is 0 Å². The lowest BCUT2D eigenvalue weighted by atomic mass is 10.3. The van der Waals surface area contributed by atoms with Gasteiger partial charge in [0.15, 0.2) is 0 Å². The molecule has 0 N–H and O–H groups in total. The van der Waals surface area contributed by atoms with Gasteiger partial charge in [0.05, 0.1) is 11.4 Å². The van der Waals surface area contributed by atoms with Crippen molar-refractivity contribution >= 4 is 25.5 Å². The first kappa shape index (κ1) is 28.5. The molecule has 1 aromatic rings. The molecule has 40 heavy (non-hydrogen) atoms. The van der Waals surface area contributed by atoms with Crippen molar-refractivity contribution < 1.29 is 0 Å². The van der Waals surface area contributed by atoms with Crippen molar-refractivity contribution in [2.24, 2.45) is 9.49 Å². The molecule has 222 valence electrons. The summed E-state index contributed by atoms with van der Waals surface area (Å²) in [5.41, 5.74) is 8.28. The van der Waals surface area contributed by atoms with Gasteiger partial charge >= 0.3 is 0 Å². The van der Waals surface area contributed by atoms with Crippen LogP contribution in [0.1, 0.15) is 154 Å². The Hall–Kier alpha value is -0.320. The molecule has 0 heterocycles. The van der Waals surface area contributed by atoms with Crippen LogP contribution in [0.2, 0.25) is 0 Å². The van der Waals surface area contributed by atoms with Gasteiger partial charge in [-0.15, -0.1) is 0 Å². The first-order valence-corrected chi connectivity index (χ1v) is 22.0. The van der Waals surface area contributed by atoms with Crippen molar-refractivity contribution in [2.45, 2.75) is 188 Å². The highest BCUT2D eigenvalue weighted by molar-refractivity contribution is 7.69. The zero-order chi connectivity index (χ0) is 26.8. The summed E-state index contributed by atoms with van der Waals surface area (Å²) < 4.78 is 12.7. The zero-order valence-electron chi connectivity index (χ0n) is 25.5. The van der Waals surface area contributed by atoms with Gasteiger partial charge < -0.3 is 0 Å². The molecule has 0 unspecified atom stereocenters. The van der Waals surface area contributed by atoms with E-state index in [1.54, 1.807) is 0 Å². The average Bonchev–Trinajstić information content (AvgIpc) is 3.84. The number of hydrogen-bond donors (Lipinski definition) is 0. The van der Waals surface area contributed by atoms with Crippen LogP contribution in [-0.4, -0.2) is 34.0 Å². The lowest BCUT2D eigenvalue weighted by molar-refractivity contribution is 0.760. The van der Waals surface area contributed by atoms with Crippen molar-refractivity contribution in [2.75, 3.05) is 0 Å². The minimum Gasteiger partial charge on any atom is -0.264 e. The van der Waals surface area contributed by atoms with Crippen molar-refractivity contribution in [3.8, 4) is 0 Å². The first-order chi connectivity index (χ1) is 19.8. The average molecular weight is 581 g/mol. The monoisotopic (exact) mass is 580 g/mol. The summed E-state index contributed by atoms with van der Waals surface area (Å²) in [6, 6.07) is 9.56. The van der Waals surface area contributed by atoms with Crippen LogP contribution in [0.25, 0.3) is 0 Å². The van der Waals surface area contributed by atoms with Gasteiger partial charge in [0.25, 0.3) is 0 Å². The normalized spacial score (nSPS) is 27.0. The van der Waals surface area contributed by atoms with E-state index in [9.17, 15) is 0 Å². The van der Waals surface area contributed by atoms with Crippen molar-refractivity contribution in [3.05, 3.63) is 24.3 Å². The Kier molecular flexibility index (Phi) is 9.05. The lowest BCUT2D eigenvalue weighted by Gasteiger charge is -2.42. The molecule has 2 nitrogen and oxygen atoms in total. The van der Waals surface area contributed by atoms with Crippen LogP contribution in [0.4, 0.5) is 11.4 Å². The standard InChI is InChI=1S/C36H58N2P2/c1-2-16-29(15-1)39(30-17-3-4-18-30,31-19-5-6-20-31)37-35-27-13-14-28-36(35)38-40(32-21-7-8-22-32,33-23-9-10-24-33)34-25-11-12-26-34/h13-14,27-34H,1-12,15-26H2. The highest BCUT2D eigenvalue weighted by Crippen LogP contribution is 2.75. The molecule has 4 heteroatoms. The fourth-order valence-corrected chi connectivity index (χ4v) is 24.0. The third-order valence-electron chi connectivity index (χ3n) is 12.9. The topological polar surface area (TPSA) is 24.7 Å². The molecule has 0 radical (unpaired) electrons. The molecule has 0 saturated heterocycles. The van der Waals surface area contributed by atoms with Gasteiger partial charge in [-0.2, -0.15) is 0 Å². The predicted molar refractivity (Wildman–Crippen MR) is 178 cm³/mol. The Morgan fingerprint density at radius 1 is 0.350 bits per heavy atom. The number of nitrogens with zero attached hydrogens (tertiary/aromatic N) is 2. The van der Waals surface area contributed by atoms with Crippen LogP contribution in [0.3, 0.4) is 0 Å². The fraction of sp³-hybridized carbons (Fsp3) is 0.833. The highest BCUT2D eigenvalue weighted by Gasteiger charge is 2.48. The largest absolute Gasteiger partial charge is 0.264 e. The van der Waals surface area contributed by atoms with Crippen LogP contribution in [0.15, 0.2) is 33.8 Å². The Morgan fingerprint density at radius 3 is 0.750 bits per heavy atom. The van der Waals surface area contributed by atoms with Crippen LogP contribution in [0, 0.1) is 0 Å². The highest BCUT2D eigenvalue weighted by atomic mass is 31.2. The van der Waals surface area contributed by atoms with Gasteiger partial charge in [-0.25, -0.2) is 0 Å². The third-order valence-corrected chi connectivity index (χ3v) is 24.1. The minimum atomic E-state index is -1.45. The van der Waals surface area contributed by atoms with Crippen LogP contribution >= 0.6 is 14.1 Å². The molecule has 7 rings (SSSR count). The predicted octanol–water partition coefficient (Wildman–Crippen LogP) is 13.0. The molecule has 0 bridgehead atoms. The van der Waals surface area contributed by atoms with Crippen molar-refractivity contribution in [3.63, 3.8) is 0 Å². The van der Waals surface area contributed by atoms with E-state index in [1.165, 1.54) is 165 Å². The molecular weight excluding hydrogens is 522 g/mol. The molecule has 0 spiro atoms. The van der Waals surface area contributed by atoms with Gasteiger partial charge in [0, 0.05) is 0 Å². The van der Waals surface area contributed by atoms with Crippen LogP contribution in [0.5, 0.6) is 0 Å². The number of rotatable bonds is 8. The summed E-state index contributed by atoms with van der Waals surface area (Å²) >= 11 is 0. The fourth-order valence-electron chi connectivity index (χ4n) is 11.2. The Labute approximate surface area is 246 Å². The minimum absolute atomic E-state index is 0.922. The molecule has 0 aliphatic heterocycles. The van der Waals surface area contributed by atoms with E-state index in [0.29, 0.717) is 0 Å². The van der Waals surface area contributed by atoms with Crippen molar-refractivity contribution in [1.29, 1.82) is 0 Å². The SMILES string of the molecule is c1ccc(N=P(C2CCCC2)(C2CCCC2)C2CCCC2)c(N=P(C2CCCC2)(C2CCCC2)C2CCCC2)c1. The molecule has 6 fully saturated rings. The third kappa shape index (κ3) is 5.21. The summed E-state index contributed by atoms with van der Waals surface area (Å²) in [6.45, 7) is 0. The second-order valence-corrected chi connectivity index (χ2v) is 22.9. The molecular formula is C36H58N2P2. The quantitative estimate of drug-likeness (QED) is 0.273. The van der Waals surface area contributed by atoms with E-state index in [-0.39, 0.29) is 0 Å². The van der Waals surface area contributed by atoms with E-state index in [4.69, 9.17) is 9.49 Å². The van der Waals surface area contributed by atoms with Gasteiger partial charge in [-0.1, -0.05) is 89.2 Å². The smallest absolute Gasteiger partial charge is 0.0869 e. The van der Waals surface area contributed by atoms with E-state index < -0.39 is 14.1 Å². The lowest BCUT2D eigenvalue weighted by Crippen LogP contribution is -2.23. The molecule has 0 atom stereocenters. The Morgan fingerprint density at radius 2 is 0.550 bits per heavy atom.